The van der Waals surface area contributed by atoms with Crippen LogP contribution in [0.25, 0.3) is 0 Å². The molecule has 6 heteroatoms. The standard InChI is InChI=1S/C15H22N2O3S/c1-9-7-12(21-14(9)15(19)17-20)10(2)16-13(18)8-11-5-3-4-6-11/h7,10-11,20H,3-6,8H2,1-2H3,(H,16,18)(H,17,19)/t10-/m0/s1. The van der Waals surface area contributed by atoms with Gasteiger partial charge in [0.2, 0.25) is 5.91 Å². The summed E-state index contributed by atoms with van der Waals surface area (Å²) in [5, 5.41) is 11.7. The highest BCUT2D eigenvalue weighted by Crippen LogP contribution is 2.29. The molecule has 0 aromatic carbocycles. The monoisotopic (exact) mass is 310 g/mol. The lowest BCUT2D eigenvalue weighted by Crippen LogP contribution is -2.27. The Labute approximate surface area is 128 Å². The van der Waals surface area contributed by atoms with E-state index in [2.05, 4.69) is 5.32 Å². The zero-order chi connectivity index (χ0) is 15.4. The Hall–Kier alpha value is -1.40. The molecule has 0 spiro atoms. The van der Waals surface area contributed by atoms with E-state index in [-0.39, 0.29) is 11.9 Å². The lowest BCUT2D eigenvalue weighted by Gasteiger charge is -2.14. The van der Waals surface area contributed by atoms with Gasteiger partial charge in [-0.1, -0.05) is 12.8 Å². The first-order valence-corrected chi connectivity index (χ1v) is 8.17. The van der Waals surface area contributed by atoms with Crippen LogP contribution in [-0.2, 0) is 4.79 Å². The van der Waals surface area contributed by atoms with Crippen molar-refractivity contribution in [2.45, 2.75) is 52.0 Å². The van der Waals surface area contributed by atoms with Crippen LogP contribution in [0.15, 0.2) is 6.07 Å². The van der Waals surface area contributed by atoms with E-state index in [1.54, 1.807) is 5.48 Å². The fourth-order valence-electron chi connectivity index (χ4n) is 2.84. The summed E-state index contributed by atoms with van der Waals surface area (Å²) < 4.78 is 0. The van der Waals surface area contributed by atoms with Crippen molar-refractivity contribution in [1.82, 2.24) is 10.8 Å². The summed E-state index contributed by atoms with van der Waals surface area (Å²) >= 11 is 1.30. The van der Waals surface area contributed by atoms with Gasteiger partial charge in [0, 0.05) is 11.3 Å². The van der Waals surface area contributed by atoms with Crippen molar-refractivity contribution in [2.24, 2.45) is 5.92 Å². The molecule has 116 valence electrons. The molecule has 0 aliphatic heterocycles. The third kappa shape index (κ3) is 4.04. The van der Waals surface area contributed by atoms with E-state index >= 15 is 0 Å². The second kappa shape index (κ2) is 7.04. The molecule has 1 fully saturated rings. The van der Waals surface area contributed by atoms with Gasteiger partial charge in [-0.3, -0.25) is 14.8 Å². The maximum absolute atomic E-state index is 12.0. The van der Waals surface area contributed by atoms with E-state index in [9.17, 15) is 9.59 Å². The Balaban J connectivity index is 1.94. The van der Waals surface area contributed by atoms with Crippen LogP contribution in [0.3, 0.4) is 0 Å². The van der Waals surface area contributed by atoms with Gasteiger partial charge >= 0.3 is 0 Å². The Morgan fingerprint density at radius 2 is 2.10 bits per heavy atom. The number of aryl methyl sites for hydroxylation is 1. The minimum absolute atomic E-state index is 0.0774. The minimum Gasteiger partial charge on any atom is -0.349 e. The molecule has 3 N–H and O–H groups in total. The molecule has 0 bridgehead atoms. The van der Waals surface area contributed by atoms with Gasteiger partial charge in [0.1, 0.15) is 0 Å². The molecule has 1 heterocycles. The van der Waals surface area contributed by atoms with Crippen LogP contribution in [0.2, 0.25) is 0 Å². The topological polar surface area (TPSA) is 78.4 Å². The van der Waals surface area contributed by atoms with Crippen LogP contribution in [0.1, 0.15) is 65.2 Å². The summed E-state index contributed by atoms with van der Waals surface area (Å²) in [5.74, 6) is 0.0971. The van der Waals surface area contributed by atoms with E-state index < -0.39 is 5.91 Å². The van der Waals surface area contributed by atoms with Crippen molar-refractivity contribution < 1.29 is 14.8 Å². The van der Waals surface area contributed by atoms with Crippen molar-refractivity contribution in [3.05, 3.63) is 21.4 Å². The van der Waals surface area contributed by atoms with Gasteiger partial charge in [-0.15, -0.1) is 11.3 Å². The highest BCUT2D eigenvalue weighted by Gasteiger charge is 2.21. The number of hydrogen-bond donors (Lipinski definition) is 3. The van der Waals surface area contributed by atoms with Gasteiger partial charge in [0.25, 0.3) is 5.91 Å². The highest BCUT2D eigenvalue weighted by molar-refractivity contribution is 7.14. The van der Waals surface area contributed by atoms with Crippen molar-refractivity contribution >= 4 is 23.2 Å². The maximum atomic E-state index is 12.0. The Morgan fingerprint density at radius 1 is 1.43 bits per heavy atom. The van der Waals surface area contributed by atoms with Crippen molar-refractivity contribution in [3.8, 4) is 0 Å². The molecule has 1 atom stereocenters. The molecule has 1 aromatic rings. The third-order valence-corrected chi connectivity index (χ3v) is 5.42. The van der Waals surface area contributed by atoms with Crippen LogP contribution in [-0.4, -0.2) is 17.0 Å². The number of amides is 2. The van der Waals surface area contributed by atoms with E-state index in [0.29, 0.717) is 17.2 Å². The van der Waals surface area contributed by atoms with Crippen LogP contribution in [0.4, 0.5) is 0 Å². The Morgan fingerprint density at radius 3 is 2.71 bits per heavy atom. The predicted molar refractivity (Wildman–Crippen MR) is 81.4 cm³/mol. The van der Waals surface area contributed by atoms with Crippen LogP contribution < -0.4 is 10.8 Å². The number of hydrogen-bond acceptors (Lipinski definition) is 4. The molecule has 2 rings (SSSR count). The molecule has 2 amide bonds. The maximum Gasteiger partial charge on any atom is 0.284 e. The lowest BCUT2D eigenvalue weighted by atomic mass is 10.0. The summed E-state index contributed by atoms with van der Waals surface area (Å²) in [6, 6.07) is 1.76. The van der Waals surface area contributed by atoms with E-state index in [1.165, 1.54) is 24.2 Å². The van der Waals surface area contributed by atoms with Gasteiger partial charge < -0.3 is 5.32 Å². The Kier molecular flexibility index (Phi) is 5.36. The number of nitrogens with one attached hydrogen (secondary N) is 2. The molecule has 0 radical (unpaired) electrons. The van der Waals surface area contributed by atoms with Crippen molar-refractivity contribution in [2.75, 3.05) is 0 Å². The molecular formula is C15H22N2O3S. The van der Waals surface area contributed by atoms with E-state index in [0.717, 1.165) is 23.3 Å². The fraction of sp³-hybridized carbons (Fsp3) is 0.600. The quantitative estimate of drug-likeness (QED) is 0.578. The van der Waals surface area contributed by atoms with Crippen LogP contribution >= 0.6 is 11.3 Å². The van der Waals surface area contributed by atoms with Crippen molar-refractivity contribution in [3.63, 3.8) is 0 Å². The Bertz CT molecular complexity index is 521. The van der Waals surface area contributed by atoms with Gasteiger partial charge in [-0.25, -0.2) is 5.48 Å². The average molecular weight is 310 g/mol. The first kappa shape index (κ1) is 16.0. The number of hydroxylamine groups is 1. The summed E-state index contributed by atoms with van der Waals surface area (Å²) in [6.45, 7) is 3.73. The van der Waals surface area contributed by atoms with Gasteiger partial charge in [0.15, 0.2) is 0 Å². The highest BCUT2D eigenvalue weighted by atomic mass is 32.1. The van der Waals surface area contributed by atoms with Gasteiger partial charge in [-0.2, -0.15) is 0 Å². The van der Waals surface area contributed by atoms with Gasteiger partial charge in [0.05, 0.1) is 10.9 Å². The summed E-state index contributed by atoms with van der Waals surface area (Å²) in [7, 11) is 0. The molecule has 1 aliphatic rings. The summed E-state index contributed by atoms with van der Waals surface area (Å²) in [6.07, 6.45) is 5.37. The zero-order valence-electron chi connectivity index (χ0n) is 12.4. The smallest absolute Gasteiger partial charge is 0.284 e. The van der Waals surface area contributed by atoms with E-state index in [1.807, 2.05) is 19.9 Å². The molecule has 0 saturated heterocycles. The second-order valence-electron chi connectivity index (χ2n) is 5.75. The van der Waals surface area contributed by atoms with Crippen molar-refractivity contribution in [1.29, 1.82) is 0 Å². The number of carbonyl (C=O) groups excluding carboxylic acids is 2. The molecule has 5 nitrogen and oxygen atoms in total. The molecule has 0 unspecified atom stereocenters. The van der Waals surface area contributed by atoms with Crippen LogP contribution in [0.5, 0.6) is 0 Å². The fourth-order valence-corrected chi connectivity index (χ4v) is 3.91. The predicted octanol–water partition coefficient (Wildman–Crippen LogP) is 2.93. The number of carbonyl (C=O) groups is 2. The lowest BCUT2D eigenvalue weighted by molar-refractivity contribution is -0.122. The SMILES string of the molecule is Cc1cc([C@H](C)NC(=O)CC2CCCC2)sc1C(=O)NO. The number of thiophene rings is 1. The molecule has 1 saturated carbocycles. The molecular weight excluding hydrogens is 288 g/mol. The summed E-state index contributed by atoms with van der Waals surface area (Å²) in [4.78, 5) is 24.9. The molecule has 1 aromatic heterocycles. The first-order valence-electron chi connectivity index (χ1n) is 7.35. The largest absolute Gasteiger partial charge is 0.349 e. The summed E-state index contributed by atoms with van der Waals surface area (Å²) in [5.41, 5.74) is 2.45. The second-order valence-corrected chi connectivity index (χ2v) is 6.83. The third-order valence-electron chi connectivity index (χ3n) is 4.00. The van der Waals surface area contributed by atoms with Crippen LogP contribution in [0, 0.1) is 12.8 Å². The first-order chi connectivity index (χ1) is 10.0. The average Bonchev–Trinajstić information content (AvgIpc) is 3.07. The molecule has 1 aliphatic carbocycles. The van der Waals surface area contributed by atoms with E-state index in [4.69, 9.17) is 5.21 Å². The normalized spacial score (nSPS) is 16.7. The zero-order valence-corrected chi connectivity index (χ0v) is 13.3. The molecule has 21 heavy (non-hydrogen) atoms. The number of rotatable bonds is 5. The van der Waals surface area contributed by atoms with Gasteiger partial charge in [-0.05, 0) is 44.2 Å². The minimum atomic E-state index is -0.506.